The fourth-order valence-electron chi connectivity index (χ4n) is 3.67. The van der Waals surface area contributed by atoms with Crippen LogP contribution < -0.4 is 5.43 Å². The van der Waals surface area contributed by atoms with Gasteiger partial charge in [-0.3, -0.25) is 19.8 Å². The third-order valence-corrected chi connectivity index (χ3v) is 5.84. The van der Waals surface area contributed by atoms with Crippen LogP contribution in [-0.2, 0) is 20.7 Å². The quantitative estimate of drug-likeness (QED) is 0.847. The van der Waals surface area contributed by atoms with Gasteiger partial charge < -0.3 is 4.74 Å². The highest BCUT2D eigenvalue weighted by Crippen LogP contribution is 2.48. The molecule has 2 bridgehead atoms. The summed E-state index contributed by atoms with van der Waals surface area (Å²) in [6.07, 6.45) is 2.15. The molecule has 0 aromatic carbocycles. The van der Waals surface area contributed by atoms with Gasteiger partial charge in [0.1, 0.15) is 0 Å². The fraction of sp³-hybridized carbons (Fsp3) is 0.533. The van der Waals surface area contributed by atoms with Crippen LogP contribution >= 0.6 is 11.3 Å². The van der Waals surface area contributed by atoms with Crippen LogP contribution in [0, 0.1) is 11.8 Å². The van der Waals surface area contributed by atoms with Gasteiger partial charge in [0, 0.05) is 10.3 Å². The van der Waals surface area contributed by atoms with Crippen LogP contribution in [-0.4, -0.2) is 34.9 Å². The number of carbonyl (C=O) groups is 3. The number of rotatable bonds is 3. The number of carbonyl (C=O) groups excluding carboxylic acids is 3. The average molecular weight is 320 g/mol. The maximum absolute atomic E-state index is 12.4. The molecule has 6 nitrogen and oxygen atoms in total. The molecule has 3 saturated heterocycles. The first-order chi connectivity index (χ1) is 10.6. The molecule has 22 heavy (non-hydrogen) atoms. The first kappa shape index (κ1) is 13.9. The van der Waals surface area contributed by atoms with Crippen molar-refractivity contribution in [3.05, 3.63) is 21.9 Å². The van der Waals surface area contributed by atoms with Gasteiger partial charge in [0.05, 0.1) is 29.6 Å². The largest absolute Gasteiger partial charge is 0.373 e. The maximum Gasteiger partial charge on any atom is 0.271 e. The summed E-state index contributed by atoms with van der Waals surface area (Å²) in [5, 5.41) is 2.65. The number of imide groups is 1. The van der Waals surface area contributed by atoms with Gasteiger partial charge in [0.15, 0.2) is 0 Å². The average Bonchev–Trinajstić information content (AvgIpc) is 3.26. The SMILES string of the molecule is CCc1cc(C(=O)NN2C(=O)[C@@H]3[C@H](C2=O)[C@@H]2CC[C@@H]3O2)cs1. The van der Waals surface area contributed by atoms with Gasteiger partial charge in [-0.25, -0.2) is 0 Å². The van der Waals surface area contributed by atoms with E-state index in [4.69, 9.17) is 4.74 Å². The topological polar surface area (TPSA) is 75.7 Å². The van der Waals surface area contributed by atoms with Gasteiger partial charge in [-0.15, -0.1) is 11.3 Å². The number of ether oxygens (including phenoxy) is 1. The number of hydrogen-bond donors (Lipinski definition) is 1. The minimum Gasteiger partial charge on any atom is -0.373 e. The molecule has 1 aromatic rings. The van der Waals surface area contributed by atoms with Crippen molar-refractivity contribution in [3.63, 3.8) is 0 Å². The van der Waals surface area contributed by atoms with Gasteiger partial charge in [-0.2, -0.15) is 5.01 Å². The molecule has 1 aromatic heterocycles. The molecule has 4 rings (SSSR count). The number of nitrogens with zero attached hydrogens (tertiary/aromatic N) is 1. The summed E-state index contributed by atoms with van der Waals surface area (Å²) in [7, 11) is 0. The van der Waals surface area contributed by atoms with E-state index in [1.54, 1.807) is 11.4 Å². The zero-order valence-electron chi connectivity index (χ0n) is 12.1. The van der Waals surface area contributed by atoms with E-state index in [0.717, 1.165) is 29.1 Å². The van der Waals surface area contributed by atoms with E-state index in [0.29, 0.717) is 5.56 Å². The monoisotopic (exact) mass is 320 g/mol. The van der Waals surface area contributed by atoms with Crippen LogP contribution in [0.15, 0.2) is 11.4 Å². The van der Waals surface area contributed by atoms with Crippen molar-refractivity contribution in [2.24, 2.45) is 11.8 Å². The van der Waals surface area contributed by atoms with E-state index < -0.39 is 17.7 Å². The number of fused-ring (bicyclic) bond motifs is 5. The molecule has 3 fully saturated rings. The molecule has 1 N–H and O–H groups in total. The third kappa shape index (κ3) is 1.85. The van der Waals surface area contributed by atoms with Crippen molar-refractivity contribution < 1.29 is 19.1 Å². The smallest absolute Gasteiger partial charge is 0.271 e. The van der Waals surface area contributed by atoms with Crippen molar-refractivity contribution >= 4 is 29.1 Å². The predicted molar refractivity (Wildman–Crippen MR) is 77.9 cm³/mol. The summed E-state index contributed by atoms with van der Waals surface area (Å²) in [5.41, 5.74) is 2.96. The minimum atomic E-state index is -0.416. The maximum atomic E-state index is 12.4. The van der Waals surface area contributed by atoms with Crippen molar-refractivity contribution in [1.82, 2.24) is 10.4 Å². The molecule has 7 heteroatoms. The summed E-state index contributed by atoms with van der Waals surface area (Å²) in [4.78, 5) is 38.2. The molecule has 0 unspecified atom stereocenters. The van der Waals surface area contributed by atoms with Gasteiger partial charge in [-0.05, 0) is 25.3 Å². The van der Waals surface area contributed by atoms with Crippen molar-refractivity contribution in [2.45, 2.75) is 38.4 Å². The van der Waals surface area contributed by atoms with Gasteiger partial charge in [0.25, 0.3) is 17.7 Å². The molecule has 0 saturated carbocycles. The van der Waals surface area contributed by atoms with E-state index in [-0.39, 0.29) is 24.0 Å². The lowest BCUT2D eigenvalue weighted by Gasteiger charge is -2.17. The van der Waals surface area contributed by atoms with E-state index >= 15 is 0 Å². The summed E-state index contributed by atoms with van der Waals surface area (Å²) < 4.78 is 5.66. The number of amides is 3. The van der Waals surface area contributed by atoms with E-state index in [2.05, 4.69) is 5.43 Å². The second kappa shape index (κ2) is 4.89. The second-order valence-corrected chi connectivity index (χ2v) is 6.95. The minimum absolute atomic E-state index is 0.166. The number of thiophene rings is 1. The molecule has 4 atom stereocenters. The van der Waals surface area contributed by atoms with Crippen LogP contribution in [0.2, 0.25) is 0 Å². The number of nitrogens with one attached hydrogen (secondary N) is 1. The number of hydrogen-bond acceptors (Lipinski definition) is 5. The van der Waals surface area contributed by atoms with Crippen LogP contribution in [0.4, 0.5) is 0 Å². The lowest BCUT2D eigenvalue weighted by molar-refractivity contribution is -0.145. The van der Waals surface area contributed by atoms with Crippen molar-refractivity contribution in [3.8, 4) is 0 Å². The van der Waals surface area contributed by atoms with Gasteiger partial charge >= 0.3 is 0 Å². The molecule has 116 valence electrons. The zero-order valence-corrected chi connectivity index (χ0v) is 12.9. The standard InChI is InChI=1S/C15H16N2O4S/c1-2-8-5-7(6-22-8)13(18)16-17-14(19)11-9-3-4-10(21-9)12(11)15(17)20/h5-6,9-12H,2-4H2,1H3,(H,16,18)/t9-,10-,11-,12+/m0/s1. The van der Waals surface area contributed by atoms with Gasteiger partial charge in [-0.1, -0.05) is 6.92 Å². The summed E-state index contributed by atoms with van der Waals surface area (Å²) in [6.45, 7) is 2.01. The second-order valence-electron chi connectivity index (χ2n) is 5.95. The molecule has 3 aliphatic heterocycles. The molecular formula is C15H16N2O4S. The first-order valence-electron chi connectivity index (χ1n) is 7.51. The number of aryl methyl sites for hydroxylation is 1. The first-order valence-corrected chi connectivity index (χ1v) is 8.39. The Morgan fingerprint density at radius 2 is 1.95 bits per heavy atom. The molecule has 4 heterocycles. The summed E-state index contributed by atoms with van der Waals surface area (Å²) in [5.74, 6) is -1.91. The Bertz CT molecular complexity index is 642. The summed E-state index contributed by atoms with van der Waals surface area (Å²) in [6, 6.07) is 1.79. The fourth-order valence-corrected chi connectivity index (χ4v) is 4.49. The highest BCUT2D eigenvalue weighted by Gasteiger charge is 2.62. The Kier molecular flexibility index (Phi) is 3.09. The summed E-state index contributed by atoms with van der Waals surface area (Å²) >= 11 is 1.50. The van der Waals surface area contributed by atoms with Crippen LogP contribution in [0.25, 0.3) is 0 Å². The predicted octanol–water partition coefficient (Wildman–Crippen LogP) is 1.12. The molecule has 3 amide bonds. The Hall–Kier alpha value is -1.73. The number of hydrazine groups is 1. The van der Waals surface area contributed by atoms with Crippen LogP contribution in [0.5, 0.6) is 0 Å². The van der Waals surface area contributed by atoms with Crippen molar-refractivity contribution in [2.75, 3.05) is 0 Å². The van der Waals surface area contributed by atoms with E-state index in [1.807, 2.05) is 6.92 Å². The van der Waals surface area contributed by atoms with E-state index in [9.17, 15) is 14.4 Å². The lowest BCUT2D eigenvalue weighted by atomic mass is 9.81. The van der Waals surface area contributed by atoms with Crippen LogP contribution in [0.3, 0.4) is 0 Å². The molecule has 0 aliphatic carbocycles. The lowest BCUT2D eigenvalue weighted by Crippen LogP contribution is -2.47. The highest BCUT2D eigenvalue weighted by molar-refractivity contribution is 7.10. The Labute approximate surface area is 131 Å². The zero-order chi connectivity index (χ0) is 15.4. The Balaban J connectivity index is 1.52. The normalized spacial score (nSPS) is 32.7. The van der Waals surface area contributed by atoms with Gasteiger partial charge in [0.2, 0.25) is 0 Å². The highest BCUT2D eigenvalue weighted by atomic mass is 32.1. The Morgan fingerprint density at radius 3 is 2.50 bits per heavy atom. The van der Waals surface area contributed by atoms with Crippen molar-refractivity contribution in [1.29, 1.82) is 0 Å². The third-order valence-electron chi connectivity index (χ3n) is 4.76. The molecule has 0 radical (unpaired) electrons. The Morgan fingerprint density at radius 1 is 1.32 bits per heavy atom. The molecular weight excluding hydrogens is 304 g/mol. The molecule has 3 aliphatic rings. The molecule has 0 spiro atoms. The van der Waals surface area contributed by atoms with Crippen LogP contribution in [0.1, 0.15) is 35.0 Å². The van der Waals surface area contributed by atoms with E-state index in [1.165, 1.54) is 11.3 Å².